The number of aromatic carboxylic acids is 1. The lowest BCUT2D eigenvalue weighted by molar-refractivity contribution is 0.0702. The molecule has 0 aromatic carbocycles. The van der Waals surface area contributed by atoms with Gasteiger partial charge in [0.2, 0.25) is 0 Å². The SMILES string of the molecule is O=C(O)c1cc(SCC(Cl)=CCl)cs1. The van der Waals surface area contributed by atoms with Gasteiger partial charge in [-0.05, 0) is 6.07 Å². The predicted molar refractivity (Wildman–Crippen MR) is 61.8 cm³/mol. The normalized spacial score (nSPS) is 11.7. The minimum absolute atomic E-state index is 0.332. The molecule has 0 aliphatic carbocycles. The topological polar surface area (TPSA) is 37.3 Å². The zero-order valence-electron chi connectivity index (χ0n) is 6.87. The summed E-state index contributed by atoms with van der Waals surface area (Å²) >= 11 is 13.7. The lowest BCUT2D eigenvalue weighted by Crippen LogP contribution is -1.89. The van der Waals surface area contributed by atoms with E-state index >= 15 is 0 Å². The molecule has 0 bridgehead atoms. The Labute approximate surface area is 99.5 Å². The number of rotatable bonds is 4. The van der Waals surface area contributed by atoms with E-state index in [-0.39, 0.29) is 0 Å². The standard InChI is InChI=1S/C8H6Cl2O2S2/c9-2-5(10)3-13-6-1-7(8(11)12)14-4-6/h1-2,4H,3H2,(H,11,12). The number of carbonyl (C=O) groups is 1. The summed E-state index contributed by atoms with van der Waals surface area (Å²) < 4.78 is 0. The van der Waals surface area contributed by atoms with Gasteiger partial charge in [-0.1, -0.05) is 23.2 Å². The zero-order chi connectivity index (χ0) is 10.6. The average molecular weight is 269 g/mol. The first-order valence-corrected chi connectivity index (χ1v) is 6.21. The van der Waals surface area contributed by atoms with E-state index < -0.39 is 5.97 Å². The van der Waals surface area contributed by atoms with Crippen molar-refractivity contribution in [2.24, 2.45) is 0 Å². The molecule has 0 aliphatic heterocycles. The molecule has 2 nitrogen and oxygen atoms in total. The van der Waals surface area contributed by atoms with E-state index in [1.165, 1.54) is 28.6 Å². The Bertz CT molecular complexity index is 360. The fourth-order valence-electron chi connectivity index (χ4n) is 0.690. The summed E-state index contributed by atoms with van der Waals surface area (Å²) in [4.78, 5) is 11.8. The van der Waals surface area contributed by atoms with Crippen LogP contribution in [-0.4, -0.2) is 16.8 Å². The van der Waals surface area contributed by atoms with Crippen LogP contribution >= 0.6 is 46.3 Å². The van der Waals surface area contributed by atoms with Gasteiger partial charge in [-0.25, -0.2) is 4.79 Å². The average Bonchev–Trinajstić information content (AvgIpc) is 2.62. The summed E-state index contributed by atoms with van der Waals surface area (Å²) in [7, 11) is 0. The first kappa shape index (κ1) is 11.9. The summed E-state index contributed by atoms with van der Waals surface area (Å²) in [5.41, 5.74) is 1.30. The van der Waals surface area contributed by atoms with E-state index in [1.54, 1.807) is 11.4 Å². The molecule has 0 saturated carbocycles. The van der Waals surface area contributed by atoms with E-state index in [1.807, 2.05) is 0 Å². The molecular formula is C8H6Cl2O2S2. The molecule has 0 saturated heterocycles. The van der Waals surface area contributed by atoms with Crippen LogP contribution in [0.3, 0.4) is 0 Å². The molecule has 14 heavy (non-hydrogen) atoms. The van der Waals surface area contributed by atoms with E-state index in [0.29, 0.717) is 15.7 Å². The van der Waals surface area contributed by atoms with Crippen molar-refractivity contribution >= 4 is 52.3 Å². The molecule has 1 aromatic rings. The number of thiophene rings is 1. The molecule has 0 fully saturated rings. The van der Waals surface area contributed by atoms with E-state index in [4.69, 9.17) is 28.3 Å². The van der Waals surface area contributed by atoms with Crippen molar-refractivity contribution in [1.29, 1.82) is 0 Å². The highest BCUT2D eigenvalue weighted by Gasteiger charge is 2.07. The highest BCUT2D eigenvalue weighted by molar-refractivity contribution is 7.99. The lowest BCUT2D eigenvalue weighted by atomic mass is 10.5. The second kappa shape index (κ2) is 5.66. The highest BCUT2D eigenvalue weighted by Crippen LogP contribution is 2.27. The largest absolute Gasteiger partial charge is 0.477 e. The van der Waals surface area contributed by atoms with Crippen LogP contribution < -0.4 is 0 Å². The Hall–Kier alpha value is -0.160. The Balaban J connectivity index is 2.56. The maximum Gasteiger partial charge on any atom is 0.345 e. The monoisotopic (exact) mass is 268 g/mol. The fraction of sp³-hybridized carbons (Fsp3) is 0.125. The van der Waals surface area contributed by atoms with Crippen LogP contribution in [0.25, 0.3) is 0 Å². The van der Waals surface area contributed by atoms with Crippen molar-refractivity contribution in [2.45, 2.75) is 4.90 Å². The Morgan fingerprint density at radius 1 is 1.71 bits per heavy atom. The minimum atomic E-state index is -0.902. The number of hydrogen-bond acceptors (Lipinski definition) is 3. The van der Waals surface area contributed by atoms with Crippen LogP contribution in [0.15, 0.2) is 26.9 Å². The maximum absolute atomic E-state index is 10.6. The zero-order valence-corrected chi connectivity index (χ0v) is 10.0. The number of halogens is 2. The van der Waals surface area contributed by atoms with Crippen molar-refractivity contribution in [3.05, 3.63) is 26.9 Å². The molecule has 76 valence electrons. The number of thioether (sulfide) groups is 1. The summed E-state index contributed by atoms with van der Waals surface area (Å²) in [6.45, 7) is 0. The molecule has 1 rings (SSSR count). The van der Waals surface area contributed by atoms with Crippen molar-refractivity contribution in [3.63, 3.8) is 0 Å². The number of hydrogen-bond donors (Lipinski definition) is 1. The third-order valence-corrected chi connectivity index (χ3v) is 4.15. The smallest absolute Gasteiger partial charge is 0.345 e. The fourth-order valence-corrected chi connectivity index (χ4v) is 2.71. The van der Waals surface area contributed by atoms with Gasteiger partial charge in [0.25, 0.3) is 0 Å². The molecule has 1 heterocycles. The Morgan fingerprint density at radius 3 is 2.93 bits per heavy atom. The van der Waals surface area contributed by atoms with E-state index in [9.17, 15) is 4.79 Å². The molecule has 0 amide bonds. The second-order valence-corrected chi connectivity index (χ2v) is 4.96. The molecular weight excluding hydrogens is 263 g/mol. The van der Waals surface area contributed by atoms with E-state index in [0.717, 1.165) is 4.90 Å². The van der Waals surface area contributed by atoms with Crippen LogP contribution in [0.2, 0.25) is 0 Å². The molecule has 0 radical (unpaired) electrons. The van der Waals surface area contributed by atoms with Crippen molar-refractivity contribution < 1.29 is 9.90 Å². The maximum atomic E-state index is 10.6. The van der Waals surface area contributed by atoms with Crippen molar-refractivity contribution in [1.82, 2.24) is 0 Å². The number of carboxylic acid groups (broad SMARTS) is 1. The Morgan fingerprint density at radius 2 is 2.43 bits per heavy atom. The molecule has 0 aliphatic rings. The van der Waals surface area contributed by atoms with Gasteiger partial charge in [0.1, 0.15) is 4.88 Å². The molecule has 1 N–H and O–H groups in total. The quantitative estimate of drug-likeness (QED) is 0.843. The van der Waals surface area contributed by atoms with Gasteiger partial charge in [-0.3, -0.25) is 0 Å². The van der Waals surface area contributed by atoms with Gasteiger partial charge in [0, 0.05) is 26.6 Å². The van der Waals surface area contributed by atoms with Crippen LogP contribution in [-0.2, 0) is 0 Å². The lowest BCUT2D eigenvalue weighted by Gasteiger charge is -1.94. The highest BCUT2D eigenvalue weighted by atomic mass is 35.5. The first-order valence-electron chi connectivity index (χ1n) is 3.53. The third-order valence-electron chi connectivity index (χ3n) is 1.28. The Kier molecular flexibility index (Phi) is 4.81. The van der Waals surface area contributed by atoms with Gasteiger partial charge >= 0.3 is 5.97 Å². The van der Waals surface area contributed by atoms with Gasteiger partial charge < -0.3 is 5.11 Å². The van der Waals surface area contributed by atoms with Crippen molar-refractivity contribution in [3.8, 4) is 0 Å². The first-order chi connectivity index (χ1) is 6.63. The second-order valence-electron chi connectivity index (χ2n) is 2.30. The van der Waals surface area contributed by atoms with Gasteiger partial charge in [0.15, 0.2) is 0 Å². The predicted octanol–water partition coefficient (Wildman–Crippen LogP) is 3.86. The molecule has 6 heteroatoms. The molecule has 0 spiro atoms. The summed E-state index contributed by atoms with van der Waals surface area (Å²) in [6, 6.07) is 1.62. The minimum Gasteiger partial charge on any atom is -0.477 e. The van der Waals surface area contributed by atoms with Crippen LogP contribution in [0, 0.1) is 0 Å². The van der Waals surface area contributed by atoms with E-state index in [2.05, 4.69) is 0 Å². The van der Waals surface area contributed by atoms with Gasteiger partial charge in [0.05, 0.1) is 0 Å². The van der Waals surface area contributed by atoms with Gasteiger partial charge in [-0.15, -0.1) is 23.1 Å². The van der Waals surface area contributed by atoms with Crippen molar-refractivity contribution in [2.75, 3.05) is 5.75 Å². The van der Waals surface area contributed by atoms with Crippen LogP contribution in [0.5, 0.6) is 0 Å². The van der Waals surface area contributed by atoms with Crippen LogP contribution in [0.4, 0.5) is 0 Å². The number of carboxylic acids is 1. The van der Waals surface area contributed by atoms with Gasteiger partial charge in [-0.2, -0.15) is 0 Å². The summed E-state index contributed by atoms with van der Waals surface area (Å²) in [5, 5.41) is 11.0. The third kappa shape index (κ3) is 3.53. The molecule has 0 unspecified atom stereocenters. The molecule has 1 aromatic heterocycles. The molecule has 0 atom stereocenters. The van der Waals surface area contributed by atoms with Crippen LogP contribution in [0.1, 0.15) is 9.67 Å². The summed E-state index contributed by atoms with van der Waals surface area (Å²) in [6.07, 6.45) is 0. The summed E-state index contributed by atoms with van der Waals surface area (Å²) in [5.74, 6) is -0.346.